The predicted molar refractivity (Wildman–Crippen MR) is 68.1 cm³/mol. The molecule has 0 saturated heterocycles. The van der Waals surface area contributed by atoms with E-state index in [4.69, 9.17) is 0 Å². The number of thiazole rings is 1. The third kappa shape index (κ3) is 3.34. The zero-order valence-electron chi connectivity index (χ0n) is 10.2. The molecule has 0 bridgehead atoms. The molecule has 2 aromatic heterocycles. The van der Waals surface area contributed by atoms with Crippen LogP contribution in [0.4, 0.5) is 0 Å². The minimum Gasteiger partial charge on any atom is -0.321 e. The smallest absolute Gasteiger partial charge is 0.133 e. The van der Waals surface area contributed by atoms with Gasteiger partial charge in [0.2, 0.25) is 0 Å². The SMILES string of the molecule is Cc1ncsc1CCNCCc1nncn1C. The fraction of sp³-hybridized carbons (Fsp3) is 0.545. The minimum absolute atomic E-state index is 0.915. The van der Waals surface area contributed by atoms with Crippen LogP contribution in [0.3, 0.4) is 0 Å². The second-order valence-electron chi connectivity index (χ2n) is 3.97. The van der Waals surface area contributed by atoms with E-state index in [1.807, 2.05) is 17.1 Å². The number of hydrogen-bond donors (Lipinski definition) is 1. The Hall–Kier alpha value is -1.27. The van der Waals surface area contributed by atoms with Crippen molar-refractivity contribution in [3.63, 3.8) is 0 Å². The number of aryl methyl sites for hydroxylation is 2. The van der Waals surface area contributed by atoms with Crippen LogP contribution >= 0.6 is 11.3 Å². The summed E-state index contributed by atoms with van der Waals surface area (Å²) in [5.41, 5.74) is 3.06. The number of rotatable bonds is 6. The van der Waals surface area contributed by atoms with Gasteiger partial charge in [-0.2, -0.15) is 0 Å². The minimum atomic E-state index is 0.915. The Morgan fingerprint density at radius 2 is 2.18 bits per heavy atom. The van der Waals surface area contributed by atoms with E-state index in [1.54, 1.807) is 17.7 Å². The van der Waals surface area contributed by atoms with Crippen LogP contribution in [0.1, 0.15) is 16.4 Å². The van der Waals surface area contributed by atoms with Crippen molar-refractivity contribution in [1.29, 1.82) is 0 Å². The molecule has 92 valence electrons. The molecule has 0 aliphatic heterocycles. The molecule has 0 amide bonds. The summed E-state index contributed by atoms with van der Waals surface area (Å²) in [7, 11) is 1.97. The van der Waals surface area contributed by atoms with Crippen molar-refractivity contribution < 1.29 is 0 Å². The average molecular weight is 251 g/mol. The van der Waals surface area contributed by atoms with Gasteiger partial charge in [0.05, 0.1) is 11.2 Å². The molecular formula is C11H17N5S. The molecule has 0 fully saturated rings. The molecule has 1 N–H and O–H groups in total. The summed E-state index contributed by atoms with van der Waals surface area (Å²) < 4.78 is 1.95. The summed E-state index contributed by atoms with van der Waals surface area (Å²) >= 11 is 1.73. The van der Waals surface area contributed by atoms with Crippen LogP contribution in [0.25, 0.3) is 0 Å². The molecule has 6 heteroatoms. The van der Waals surface area contributed by atoms with Gasteiger partial charge in [-0.25, -0.2) is 4.98 Å². The maximum atomic E-state index is 4.24. The summed E-state index contributed by atoms with van der Waals surface area (Å²) in [6, 6.07) is 0. The highest BCUT2D eigenvalue weighted by atomic mass is 32.1. The lowest BCUT2D eigenvalue weighted by Crippen LogP contribution is -2.21. The van der Waals surface area contributed by atoms with Gasteiger partial charge in [-0.3, -0.25) is 0 Å². The Morgan fingerprint density at radius 1 is 1.35 bits per heavy atom. The first kappa shape index (κ1) is 12.2. The Kier molecular flexibility index (Phi) is 4.22. The molecular weight excluding hydrogens is 234 g/mol. The van der Waals surface area contributed by atoms with Crippen molar-refractivity contribution in [3.8, 4) is 0 Å². The third-order valence-corrected chi connectivity index (χ3v) is 3.70. The van der Waals surface area contributed by atoms with Gasteiger partial charge in [0.15, 0.2) is 0 Å². The van der Waals surface area contributed by atoms with Crippen LogP contribution in [0, 0.1) is 6.92 Å². The molecule has 2 heterocycles. The van der Waals surface area contributed by atoms with Crippen molar-refractivity contribution in [3.05, 3.63) is 28.2 Å². The lowest BCUT2D eigenvalue weighted by Gasteiger charge is -2.03. The van der Waals surface area contributed by atoms with Gasteiger partial charge < -0.3 is 9.88 Å². The number of nitrogens with zero attached hydrogens (tertiary/aromatic N) is 4. The second kappa shape index (κ2) is 5.88. The van der Waals surface area contributed by atoms with E-state index < -0.39 is 0 Å². The first-order chi connectivity index (χ1) is 8.27. The topological polar surface area (TPSA) is 55.6 Å². The predicted octanol–water partition coefficient (Wildman–Crippen LogP) is 0.955. The van der Waals surface area contributed by atoms with Crippen LogP contribution in [0.15, 0.2) is 11.8 Å². The van der Waals surface area contributed by atoms with Crippen molar-refractivity contribution in [1.82, 2.24) is 25.1 Å². The van der Waals surface area contributed by atoms with Crippen molar-refractivity contribution in [2.24, 2.45) is 7.05 Å². The van der Waals surface area contributed by atoms with Gasteiger partial charge in [-0.15, -0.1) is 21.5 Å². The van der Waals surface area contributed by atoms with Crippen LogP contribution in [0.5, 0.6) is 0 Å². The molecule has 0 aliphatic carbocycles. The molecule has 0 atom stereocenters. The molecule has 0 unspecified atom stereocenters. The fourth-order valence-corrected chi connectivity index (χ4v) is 2.41. The van der Waals surface area contributed by atoms with E-state index in [9.17, 15) is 0 Å². The van der Waals surface area contributed by atoms with E-state index in [0.29, 0.717) is 0 Å². The van der Waals surface area contributed by atoms with Crippen LogP contribution in [0.2, 0.25) is 0 Å². The van der Waals surface area contributed by atoms with Crippen molar-refractivity contribution in [2.45, 2.75) is 19.8 Å². The molecule has 5 nitrogen and oxygen atoms in total. The highest BCUT2D eigenvalue weighted by Gasteiger charge is 2.02. The van der Waals surface area contributed by atoms with Gasteiger partial charge in [0.1, 0.15) is 12.2 Å². The van der Waals surface area contributed by atoms with Gasteiger partial charge in [-0.05, 0) is 13.3 Å². The number of nitrogens with one attached hydrogen (secondary N) is 1. The zero-order valence-corrected chi connectivity index (χ0v) is 11.0. The van der Waals surface area contributed by atoms with Gasteiger partial charge in [0, 0.05) is 31.4 Å². The highest BCUT2D eigenvalue weighted by Crippen LogP contribution is 2.11. The van der Waals surface area contributed by atoms with E-state index >= 15 is 0 Å². The normalized spacial score (nSPS) is 10.9. The van der Waals surface area contributed by atoms with Crippen molar-refractivity contribution in [2.75, 3.05) is 13.1 Å². The Morgan fingerprint density at radius 3 is 2.82 bits per heavy atom. The first-order valence-electron chi connectivity index (χ1n) is 5.70. The first-order valence-corrected chi connectivity index (χ1v) is 6.58. The molecule has 17 heavy (non-hydrogen) atoms. The molecule has 0 saturated carbocycles. The number of hydrogen-bond acceptors (Lipinski definition) is 5. The maximum Gasteiger partial charge on any atom is 0.133 e. The number of aromatic nitrogens is 4. The summed E-state index contributed by atoms with van der Waals surface area (Å²) in [6.45, 7) is 3.98. The van der Waals surface area contributed by atoms with Gasteiger partial charge in [-0.1, -0.05) is 0 Å². The zero-order chi connectivity index (χ0) is 12.1. The van der Waals surface area contributed by atoms with E-state index in [-0.39, 0.29) is 0 Å². The van der Waals surface area contributed by atoms with Crippen LogP contribution in [-0.4, -0.2) is 32.8 Å². The van der Waals surface area contributed by atoms with Gasteiger partial charge in [0.25, 0.3) is 0 Å². The third-order valence-electron chi connectivity index (χ3n) is 2.70. The lowest BCUT2D eigenvalue weighted by atomic mass is 10.3. The van der Waals surface area contributed by atoms with Crippen LogP contribution < -0.4 is 5.32 Å². The molecule has 2 aromatic rings. The molecule has 0 aromatic carbocycles. The second-order valence-corrected chi connectivity index (χ2v) is 4.91. The average Bonchev–Trinajstić information content (AvgIpc) is 2.89. The van der Waals surface area contributed by atoms with E-state index in [0.717, 1.165) is 37.4 Å². The largest absolute Gasteiger partial charge is 0.321 e. The Labute approximate surface area is 105 Å². The fourth-order valence-electron chi connectivity index (χ4n) is 1.63. The lowest BCUT2D eigenvalue weighted by molar-refractivity contribution is 0.653. The molecule has 0 aliphatic rings. The van der Waals surface area contributed by atoms with E-state index in [2.05, 4.69) is 27.4 Å². The molecule has 2 rings (SSSR count). The summed E-state index contributed by atoms with van der Waals surface area (Å²) in [5, 5.41) is 11.3. The summed E-state index contributed by atoms with van der Waals surface area (Å²) in [4.78, 5) is 5.61. The van der Waals surface area contributed by atoms with Crippen LogP contribution in [-0.2, 0) is 19.9 Å². The van der Waals surface area contributed by atoms with E-state index in [1.165, 1.54) is 4.88 Å². The Bertz CT molecular complexity index is 420. The standard InChI is InChI=1S/C11H17N5S/c1-9-10(17-8-13-9)3-5-12-6-4-11-15-14-7-16(11)2/h7-8,12H,3-6H2,1-2H3. The maximum absolute atomic E-state index is 4.24. The van der Waals surface area contributed by atoms with Crippen molar-refractivity contribution >= 4 is 11.3 Å². The molecule has 0 spiro atoms. The highest BCUT2D eigenvalue weighted by molar-refractivity contribution is 7.09. The summed E-state index contributed by atoms with van der Waals surface area (Å²) in [6.07, 6.45) is 3.70. The van der Waals surface area contributed by atoms with Gasteiger partial charge >= 0.3 is 0 Å². The molecule has 0 radical (unpaired) electrons. The summed E-state index contributed by atoms with van der Waals surface area (Å²) in [5.74, 6) is 1.02. The monoisotopic (exact) mass is 251 g/mol. The Balaban J connectivity index is 1.64. The quantitative estimate of drug-likeness (QED) is 0.777.